The van der Waals surface area contributed by atoms with Gasteiger partial charge in [-0.25, -0.2) is 0 Å². The highest BCUT2D eigenvalue weighted by atomic mass is 35.5. The molecule has 1 saturated heterocycles. The van der Waals surface area contributed by atoms with E-state index in [0.717, 1.165) is 13.1 Å². The molecule has 2 unspecified atom stereocenters. The first kappa shape index (κ1) is 20.3. The van der Waals surface area contributed by atoms with Crippen molar-refractivity contribution in [1.82, 2.24) is 15.5 Å². The predicted octanol–water partition coefficient (Wildman–Crippen LogP) is 1.28. The fourth-order valence-electron chi connectivity index (χ4n) is 2.39. The van der Waals surface area contributed by atoms with Gasteiger partial charge in [-0.05, 0) is 39.4 Å². The van der Waals surface area contributed by atoms with Crippen LogP contribution in [-0.2, 0) is 4.79 Å². The molecule has 0 radical (unpaired) electrons. The molecule has 6 heteroatoms. The molecule has 1 amide bonds. The van der Waals surface area contributed by atoms with Crippen LogP contribution in [0.5, 0.6) is 0 Å². The number of hydrogen-bond donors (Lipinski definition) is 2. The van der Waals surface area contributed by atoms with Gasteiger partial charge in [0.05, 0.1) is 6.04 Å². The van der Waals surface area contributed by atoms with Crippen molar-refractivity contribution in [3.63, 3.8) is 0 Å². The van der Waals surface area contributed by atoms with Crippen LogP contribution in [0, 0.1) is 5.92 Å². The fraction of sp³-hybridized carbons (Fsp3) is 0.917. The van der Waals surface area contributed by atoms with Gasteiger partial charge in [0.2, 0.25) is 5.91 Å². The summed E-state index contributed by atoms with van der Waals surface area (Å²) in [6, 6.07) is 0.445. The number of halogens is 2. The molecule has 1 aliphatic heterocycles. The van der Waals surface area contributed by atoms with Gasteiger partial charge in [-0.1, -0.05) is 13.8 Å². The molecule has 2 atom stereocenters. The van der Waals surface area contributed by atoms with Gasteiger partial charge in [-0.3, -0.25) is 9.69 Å². The number of nitrogens with zero attached hydrogens (tertiary/aromatic N) is 1. The number of hydrogen-bond acceptors (Lipinski definition) is 3. The lowest BCUT2D eigenvalue weighted by atomic mass is 10.0. The molecule has 18 heavy (non-hydrogen) atoms. The minimum absolute atomic E-state index is 0. The van der Waals surface area contributed by atoms with E-state index in [2.05, 4.69) is 24.5 Å². The largest absolute Gasteiger partial charge is 0.353 e. The van der Waals surface area contributed by atoms with Crippen molar-refractivity contribution in [2.24, 2.45) is 5.92 Å². The molecule has 0 bridgehead atoms. The highest BCUT2D eigenvalue weighted by molar-refractivity contribution is 5.85. The molecule has 1 aliphatic rings. The summed E-state index contributed by atoms with van der Waals surface area (Å²) in [4.78, 5) is 14.0. The van der Waals surface area contributed by atoms with E-state index in [1.54, 1.807) is 0 Å². The van der Waals surface area contributed by atoms with E-state index in [9.17, 15) is 4.79 Å². The van der Waals surface area contributed by atoms with E-state index >= 15 is 0 Å². The third-order valence-electron chi connectivity index (χ3n) is 3.14. The van der Waals surface area contributed by atoms with Crippen molar-refractivity contribution < 1.29 is 4.79 Å². The molecule has 0 aromatic rings. The minimum Gasteiger partial charge on any atom is -0.353 e. The lowest BCUT2D eigenvalue weighted by Gasteiger charge is -2.27. The first-order valence-electron chi connectivity index (χ1n) is 6.20. The van der Waals surface area contributed by atoms with Crippen LogP contribution in [0.25, 0.3) is 0 Å². The number of amides is 1. The highest BCUT2D eigenvalue weighted by Gasteiger charge is 2.25. The first-order chi connectivity index (χ1) is 7.52. The van der Waals surface area contributed by atoms with Crippen molar-refractivity contribution in [2.45, 2.75) is 38.8 Å². The molecular weight excluding hydrogens is 273 g/mol. The Hall–Kier alpha value is -0.0300. The number of rotatable bonds is 5. The Labute approximate surface area is 123 Å². The topological polar surface area (TPSA) is 44.4 Å². The Balaban J connectivity index is 0. The third-order valence-corrected chi connectivity index (χ3v) is 3.14. The molecule has 1 heterocycles. The number of carbonyl (C=O) groups excluding carboxylic acids is 1. The van der Waals surface area contributed by atoms with E-state index < -0.39 is 0 Å². The number of likely N-dealkylation sites (N-methyl/N-ethyl adjacent to an activating group) is 1. The highest BCUT2D eigenvalue weighted by Crippen LogP contribution is 2.08. The third kappa shape index (κ3) is 6.23. The molecule has 4 nitrogen and oxygen atoms in total. The lowest BCUT2D eigenvalue weighted by molar-refractivity contribution is -0.127. The predicted molar refractivity (Wildman–Crippen MR) is 80.8 cm³/mol. The van der Waals surface area contributed by atoms with Crippen molar-refractivity contribution >= 4 is 30.7 Å². The zero-order chi connectivity index (χ0) is 12.1. The molecule has 0 aromatic heterocycles. The van der Waals surface area contributed by atoms with Crippen LogP contribution in [-0.4, -0.2) is 50.1 Å². The second-order valence-electron chi connectivity index (χ2n) is 5.19. The summed E-state index contributed by atoms with van der Waals surface area (Å²) < 4.78 is 0. The second kappa shape index (κ2) is 9.84. The smallest absolute Gasteiger partial charge is 0.237 e. The monoisotopic (exact) mass is 299 g/mol. The summed E-state index contributed by atoms with van der Waals surface area (Å²) in [5, 5.41) is 6.43. The second-order valence-corrected chi connectivity index (χ2v) is 5.19. The molecule has 0 aromatic carbocycles. The molecule has 1 rings (SSSR count). The molecule has 0 spiro atoms. The van der Waals surface area contributed by atoms with E-state index in [1.165, 1.54) is 12.8 Å². The fourth-order valence-corrected chi connectivity index (χ4v) is 2.39. The Morgan fingerprint density at radius 1 is 1.39 bits per heavy atom. The Morgan fingerprint density at radius 3 is 2.39 bits per heavy atom. The molecule has 0 aliphatic carbocycles. The van der Waals surface area contributed by atoms with Crippen LogP contribution in [0.15, 0.2) is 0 Å². The summed E-state index contributed by atoms with van der Waals surface area (Å²) in [6.07, 6.45) is 2.40. The average Bonchev–Trinajstić information content (AvgIpc) is 2.65. The van der Waals surface area contributed by atoms with Gasteiger partial charge in [0.15, 0.2) is 0 Å². The zero-order valence-electron chi connectivity index (χ0n) is 11.7. The SMILES string of the molecule is CC(C)C(C(=O)NCC1CCCN1)N(C)C.Cl.Cl. The summed E-state index contributed by atoms with van der Waals surface area (Å²) >= 11 is 0. The minimum atomic E-state index is -0.0265. The van der Waals surface area contributed by atoms with Gasteiger partial charge in [0, 0.05) is 12.6 Å². The van der Waals surface area contributed by atoms with Crippen molar-refractivity contribution in [3.8, 4) is 0 Å². The number of nitrogens with one attached hydrogen (secondary N) is 2. The van der Waals surface area contributed by atoms with Gasteiger partial charge >= 0.3 is 0 Å². The van der Waals surface area contributed by atoms with Crippen LogP contribution in [0.2, 0.25) is 0 Å². The Kier molecular flexibility index (Phi) is 11.1. The Morgan fingerprint density at radius 2 is 2.00 bits per heavy atom. The quantitative estimate of drug-likeness (QED) is 0.804. The van der Waals surface area contributed by atoms with Gasteiger partial charge in [-0.2, -0.15) is 0 Å². The van der Waals surface area contributed by atoms with Gasteiger partial charge in [0.25, 0.3) is 0 Å². The Bertz CT molecular complexity index is 223. The molecule has 1 fully saturated rings. The maximum atomic E-state index is 12.0. The summed E-state index contributed by atoms with van der Waals surface area (Å²) in [5.74, 6) is 0.486. The lowest BCUT2D eigenvalue weighted by Crippen LogP contribution is -2.49. The van der Waals surface area contributed by atoms with Gasteiger partial charge in [-0.15, -0.1) is 24.8 Å². The normalized spacial score (nSPS) is 20.2. The average molecular weight is 300 g/mol. The van der Waals surface area contributed by atoms with Crippen LogP contribution in [0.3, 0.4) is 0 Å². The maximum Gasteiger partial charge on any atom is 0.237 e. The molecule has 0 saturated carbocycles. The summed E-state index contributed by atoms with van der Waals surface area (Å²) in [7, 11) is 3.91. The summed E-state index contributed by atoms with van der Waals surface area (Å²) in [5.41, 5.74) is 0. The molecule has 2 N–H and O–H groups in total. The van der Waals surface area contributed by atoms with Gasteiger partial charge in [0.1, 0.15) is 0 Å². The van der Waals surface area contributed by atoms with Crippen molar-refractivity contribution in [2.75, 3.05) is 27.2 Å². The molecule has 110 valence electrons. The zero-order valence-corrected chi connectivity index (χ0v) is 13.4. The standard InChI is InChI=1S/C12H25N3O.2ClH/c1-9(2)11(15(3)4)12(16)14-8-10-6-5-7-13-10;;/h9-11,13H,5-8H2,1-4H3,(H,14,16);2*1H. The number of carbonyl (C=O) groups is 1. The van der Waals surface area contributed by atoms with Gasteiger partial charge < -0.3 is 10.6 Å². The van der Waals surface area contributed by atoms with E-state index in [-0.39, 0.29) is 36.8 Å². The van der Waals surface area contributed by atoms with Crippen LogP contribution >= 0.6 is 24.8 Å². The van der Waals surface area contributed by atoms with Crippen LogP contribution < -0.4 is 10.6 Å². The first-order valence-corrected chi connectivity index (χ1v) is 6.20. The van der Waals surface area contributed by atoms with Crippen molar-refractivity contribution in [1.29, 1.82) is 0 Å². The van der Waals surface area contributed by atoms with E-state index in [1.807, 2.05) is 19.0 Å². The summed E-state index contributed by atoms with van der Waals surface area (Å²) in [6.45, 7) is 6.01. The van der Waals surface area contributed by atoms with Crippen LogP contribution in [0.1, 0.15) is 26.7 Å². The van der Waals surface area contributed by atoms with E-state index in [4.69, 9.17) is 0 Å². The van der Waals surface area contributed by atoms with Crippen molar-refractivity contribution in [3.05, 3.63) is 0 Å². The van der Waals surface area contributed by atoms with Crippen LogP contribution in [0.4, 0.5) is 0 Å². The molecular formula is C12H27Cl2N3O. The van der Waals surface area contributed by atoms with E-state index in [0.29, 0.717) is 12.0 Å². The maximum absolute atomic E-state index is 12.0.